The van der Waals surface area contributed by atoms with E-state index in [1.807, 2.05) is 0 Å². The molecule has 1 aromatic rings. The summed E-state index contributed by atoms with van der Waals surface area (Å²) in [5.74, 6) is -0.700. The standard InChI is InChI=1S/C7H6ClNO5S/c8-6-1-5(4-15(12,13)14)2-7(3-6)9(10)11/h1-3H,4H2,(H,12,13,14). The Labute approximate surface area is 90.4 Å². The van der Waals surface area contributed by atoms with Gasteiger partial charge in [0.2, 0.25) is 0 Å². The van der Waals surface area contributed by atoms with Gasteiger partial charge in [-0.2, -0.15) is 8.42 Å². The monoisotopic (exact) mass is 251 g/mol. The van der Waals surface area contributed by atoms with Gasteiger partial charge in [-0.25, -0.2) is 0 Å². The Bertz CT molecular complexity index is 498. The summed E-state index contributed by atoms with van der Waals surface area (Å²) in [5.41, 5.74) is -0.252. The minimum atomic E-state index is -4.22. The van der Waals surface area contributed by atoms with Crippen LogP contribution < -0.4 is 0 Å². The number of hydrogen-bond donors (Lipinski definition) is 1. The van der Waals surface area contributed by atoms with E-state index in [0.29, 0.717) is 0 Å². The molecule has 0 aliphatic rings. The highest BCUT2D eigenvalue weighted by Crippen LogP contribution is 2.21. The van der Waals surface area contributed by atoms with E-state index in [1.165, 1.54) is 6.07 Å². The average Bonchev–Trinajstić information content (AvgIpc) is 1.99. The third-order valence-electron chi connectivity index (χ3n) is 1.50. The van der Waals surface area contributed by atoms with Crippen molar-refractivity contribution in [2.45, 2.75) is 5.75 Å². The smallest absolute Gasteiger partial charge is 0.271 e. The molecule has 15 heavy (non-hydrogen) atoms. The van der Waals surface area contributed by atoms with Crippen LogP contribution in [0.3, 0.4) is 0 Å². The molecule has 1 aromatic carbocycles. The molecule has 0 saturated heterocycles. The van der Waals surface area contributed by atoms with Gasteiger partial charge >= 0.3 is 0 Å². The lowest BCUT2D eigenvalue weighted by molar-refractivity contribution is -0.384. The van der Waals surface area contributed by atoms with Crippen molar-refractivity contribution >= 4 is 27.4 Å². The lowest BCUT2D eigenvalue weighted by Crippen LogP contribution is -2.02. The van der Waals surface area contributed by atoms with Gasteiger partial charge in [-0.1, -0.05) is 11.6 Å². The van der Waals surface area contributed by atoms with E-state index >= 15 is 0 Å². The van der Waals surface area contributed by atoms with Gasteiger partial charge in [0, 0.05) is 17.2 Å². The van der Waals surface area contributed by atoms with Crippen LogP contribution in [0.4, 0.5) is 5.69 Å². The second-order valence-electron chi connectivity index (χ2n) is 2.80. The molecule has 0 amide bonds. The number of nitro benzene ring substituents is 1. The summed E-state index contributed by atoms with van der Waals surface area (Å²) >= 11 is 5.54. The topological polar surface area (TPSA) is 97.5 Å². The van der Waals surface area contributed by atoms with Crippen LogP contribution in [0.5, 0.6) is 0 Å². The van der Waals surface area contributed by atoms with Crippen molar-refractivity contribution in [2.24, 2.45) is 0 Å². The fraction of sp³-hybridized carbons (Fsp3) is 0.143. The Balaban J connectivity index is 3.15. The minimum Gasteiger partial charge on any atom is -0.285 e. The lowest BCUT2D eigenvalue weighted by atomic mass is 10.2. The lowest BCUT2D eigenvalue weighted by Gasteiger charge is -1.99. The van der Waals surface area contributed by atoms with Crippen molar-refractivity contribution in [3.8, 4) is 0 Å². The summed E-state index contributed by atoms with van der Waals surface area (Å²) in [6.45, 7) is 0. The Morgan fingerprint density at radius 2 is 2.00 bits per heavy atom. The van der Waals surface area contributed by atoms with Crippen LogP contribution in [-0.2, 0) is 15.9 Å². The predicted molar refractivity (Wildman–Crippen MR) is 53.4 cm³/mol. The number of rotatable bonds is 3. The molecule has 8 heteroatoms. The third kappa shape index (κ3) is 3.82. The highest BCUT2D eigenvalue weighted by molar-refractivity contribution is 7.85. The first kappa shape index (κ1) is 11.9. The molecule has 0 saturated carbocycles. The zero-order valence-electron chi connectivity index (χ0n) is 7.25. The first-order valence-corrected chi connectivity index (χ1v) is 5.66. The molecule has 0 atom stereocenters. The number of hydrogen-bond acceptors (Lipinski definition) is 4. The Kier molecular flexibility index (Phi) is 3.28. The second kappa shape index (κ2) is 4.13. The molecule has 0 fully saturated rings. The molecular formula is C7H6ClNO5S. The number of nitro groups is 1. The molecule has 0 aromatic heterocycles. The largest absolute Gasteiger partial charge is 0.285 e. The van der Waals surface area contributed by atoms with E-state index in [1.54, 1.807) is 0 Å². The highest BCUT2D eigenvalue weighted by atomic mass is 35.5. The van der Waals surface area contributed by atoms with Crippen LogP contribution in [-0.4, -0.2) is 17.9 Å². The Hall–Kier alpha value is -1.18. The van der Waals surface area contributed by atoms with Gasteiger partial charge in [0.15, 0.2) is 0 Å². The molecule has 1 N–H and O–H groups in total. The van der Waals surface area contributed by atoms with E-state index in [0.717, 1.165) is 12.1 Å². The number of nitrogens with zero attached hydrogens (tertiary/aromatic N) is 1. The zero-order valence-corrected chi connectivity index (χ0v) is 8.83. The molecule has 6 nitrogen and oxygen atoms in total. The van der Waals surface area contributed by atoms with Crippen LogP contribution in [0.1, 0.15) is 5.56 Å². The normalized spacial score (nSPS) is 11.3. The zero-order chi connectivity index (χ0) is 11.6. The molecule has 82 valence electrons. The average molecular weight is 252 g/mol. The van der Waals surface area contributed by atoms with Crippen LogP contribution in [0.15, 0.2) is 18.2 Å². The summed E-state index contributed by atoms with van der Waals surface area (Å²) in [4.78, 5) is 9.71. The van der Waals surface area contributed by atoms with Crippen molar-refractivity contribution in [1.82, 2.24) is 0 Å². The fourth-order valence-electron chi connectivity index (χ4n) is 1.03. The molecule has 0 bridgehead atoms. The first-order chi connectivity index (χ1) is 6.78. The minimum absolute atomic E-state index is 0.0443. The van der Waals surface area contributed by atoms with Gasteiger partial charge in [0.05, 0.1) is 4.92 Å². The van der Waals surface area contributed by atoms with Gasteiger partial charge in [0.25, 0.3) is 15.8 Å². The molecule has 1 rings (SSSR count). The molecule has 0 aliphatic carbocycles. The summed E-state index contributed by atoms with van der Waals surface area (Å²) in [6.07, 6.45) is 0. The van der Waals surface area contributed by atoms with Crippen molar-refractivity contribution in [1.29, 1.82) is 0 Å². The molecule has 0 spiro atoms. The van der Waals surface area contributed by atoms with Crippen LogP contribution in [0, 0.1) is 10.1 Å². The van der Waals surface area contributed by atoms with E-state index in [4.69, 9.17) is 16.2 Å². The maximum absolute atomic E-state index is 10.5. The fourth-order valence-corrected chi connectivity index (χ4v) is 1.87. The molecule has 0 aliphatic heterocycles. The number of benzene rings is 1. The maximum atomic E-state index is 10.5. The Morgan fingerprint density at radius 3 is 2.47 bits per heavy atom. The van der Waals surface area contributed by atoms with Crippen LogP contribution in [0.2, 0.25) is 5.02 Å². The van der Waals surface area contributed by atoms with Crippen molar-refractivity contribution in [2.75, 3.05) is 0 Å². The maximum Gasteiger partial charge on any atom is 0.271 e. The van der Waals surface area contributed by atoms with Crippen molar-refractivity contribution in [3.63, 3.8) is 0 Å². The van der Waals surface area contributed by atoms with Gasteiger partial charge < -0.3 is 0 Å². The van der Waals surface area contributed by atoms with Crippen molar-refractivity contribution < 1.29 is 17.9 Å². The SMILES string of the molecule is O=[N+]([O-])c1cc(Cl)cc(CS(=O)(=O)O)c1. The van der Waals surface area contributed by atoms with Gasteiger partial charge in [0.1, 0.15) is 5.75 Å². The van der Waals surface area contributed by atoms with Crippen molar-refractivity contribution in [3.05, 3.63) is 38.9 Å². The first-order valence-electron chi connectivity index (χ1n) is 3.67. The van der Waals surface area contributed by atoms with Gasteiger partial charge in [-0.15, -0.1) is 0 Å². The number of non-ortho nitro benzene ring substituents is 1. The highest BCUT2D eigenvalue weighted by Gasteiger charge is 2.13. The van der Waals surface area contributed by atoms with E-state index in [9.17, 15) is 18.5 Å². The summed E-state index contributed by atoms with van der Waals surface area (Å²) in [6, 6.07) is 3.37. The quantitative estimate of drug-likeness (QED) is 0.500. The number of halogens is 1. The van der Waals surface area contributed by atoms with Gasteiger partial charge in [-0.3, -0.25) is 14.7 Å². The molecule has 0 heterocycles. The summed E-state index contributed by atoms with van der Waals surface area (Å²) in [7, 11) is -4.22. The Morgan fingerprint density at radius 1 is 1.40 bits per heavy atom. The second-order valence-corrected chi connectivity index (χ2v) is 4.69. The predicted octanol–water partition coefficient (Wildman–Crippen LogP) is 1.64. The third-order valence-corrected chi connectivity index (χ3v) is 2.42. The summed E-state index contributed by atoms with van der Waals surface area (Å²) < 4.78 is 29.6. The molecule has 0 unspecified atom stereocenters. The van der Waals surface area contributed by atoms with E-state index in [-0.39, 0.29) is 16.3 Å². The summed E-state index contributed by atoms with van der Waals surface area (Å²) in [5, 5.41) is 10.5. The van der Waals surface area contributed by atoms with E-state index < -0.39 is 20.8 Å². The molecule has 0 radical (unpaired) electrons. The molecular weight excluding hydrogens is 246 g/mol. The van der Waals surface area contributed by atoms with Gasteiger partial charge in [-0.05, 0) is 11.6 Å². The van der Waals surface area contributed by atoms with Crippen LogP contribution in [0.25, 0.3) is 0 Å². The van der Waals surface area contributed by atoms with Crippen LogP contribution >= 0.6 is 11.6 Å². The van der Waals surface area contributed by atoms with E-state index in [2.05, 4.69) is 0 Å².